The second-order valence-electron chi connectivity index (χ2n) is 3.42. The van der Waals surface area contributed by atoms with Crippen LogP contribution in [0.4, 0.5) is 0 Å². The zero-order valence-corrected chi connectivity index (χ0v) is 9.96. The lowest BCUT2D eigenvalue weighted by molar-refractivity contribution is 0.0694. The van der Waals surface area contributed by atoms with Crippen molar-refractivity contribution in [3.05, 3.63) is 44.2 Å². The van der Waals surface area contributed by atoms with Gasteiger partial charge in [-0.1, -0.05) is 12.1 Å². The first-order valence-corrected chi connectivity index (χ1v) is 5.36. The van der Waals surface area contributed by atoms with E-state index < -0.39 is 11.5 Å². The van der Waals surface area contributed by atoms with E-state index >= 15 is 0 Å². The molecule has 16 heavy (non-hydrogen) atoms. The molecule has 1 aromatic heterocycles. The van der Waals surface area contributed by atoms with Gasteiger partial charge in [-0.05, 0) is 34.5 Å². The summed E-state index contributed by atoms with van der Waals surface area (Å²) in [7, 11) is 0. The van der Waals surface area contributed by atoms with E-state index in [1.54, 1.807) is 25.1 Å². The number of aryl methyl sites for hydroxylation is 1. The van der Waals surface area contributed by atoms with Crippen LogP contribution in [0.1, 0.15) is 15.9 Å². The molecule has 5 heteroatoms. The van der Waals surface area contributed by atoms with Crippen LogP contribution in [0.25, 0.3) is 10.9 Å². The van der Waals surface area contributed by atoms with Gasteiger partial charge in [0.2, 0.25) is 0 Å². The minimum atomic E-state index is -1.21. The van der Waals surface area contributed by atoms with E-state index in [9.17, 15) is 9.59 Å². The molecule has 4 nitrogen and oxygen atoms in total. The summed E-state index contributed by atoms with van der Waals surface area (Å²) in [6.07, 6.45) is 0. The molecule has 0 saturated heterocycles. The van der Waals surface area contributed by atoms with E-state index in [1.807, 2.05) is 0 Å². The lowest BCUT2D eigenvalue weighted by Crippen LogP contribution is -2.19. The fraction of sp³-hybridized carbons (Fsp3) is 0.0909. The van der Waals surface area contributed by atoms with E-state index in [1.165, 1.54) is 0 Å². The van der Waals surface area contributed by atoms with Gasteiger partial charge in [0.15, 0.2) is 0 Å². The van der Waals surface area contributed by atoms with Crippen molar-refractivity contribution in [2.45, 2.75) is 6.92 Å². The van der Waals surface area contributed by atoms with Crippen molar-refractivity contribution in [3.63, 3.8) is 0 Å². The van der Waals surface area contributed by atoms with Crippen LogP contribution in [-0.4, -0.2) is 16.1 Å². The number of aromatic nitrogens is 1. The maximum absolute atomic E-state index is 11.6. The van der Waals surface area contributed by atoms with E-state index in [4.69, 9.17) is 5.11 Å². The first-order chi connectivity index (χ1) is 7.52. The summed E-state index contributed by atoms with van der Waals surface area (Å²) < 4.78 is 0.738. The van der Waals surface area contributed by atoms with Crippen LogP contribution in [-0.2, 0) is 0 Å². The topological polar surface area (TPSA) is 70.2 Å². The number of aromatic carboxylic acids is 1. The molecule has 0 saturated carbocycles. The van der Waals surface area contributed by atoms with Crippen molar-refractivity contribution >= 4 is 32.8 Å². The molecule has 1 aromatic carbocycles. The molecule has 0 fully saturated rings. The quantitative estimate of drug-likeness (QED) is 0.843. The SMILES string of the molecule is Cc1c(C(=O)O)c(=O)[nH]c2c(Br)cccc12. The van der Waals surface area contributed by atoms with E-state index in [0.29, 0.717) is 11.1 Å². The Bertz CT molecular complexity index is 645. The molecule has 1 heterocycles. The van der Waals surface area contributed by atoms with Gasteiger partial charge in [-0.25, -0.2) is 4.79 Å². The Morgan fingerprint density at radius 1 is 1.44 bits per heavy atom. The highest BCUT2D eigenvalue weighted by Crippen LogP contribution is 2.24. The molecule has 2 rings (SSSR count). The molecule has 0 atom stereocenters. The van der Waals surface area contributed by atoms with Crippen molar-refractivity contribution < 1.29 is 9.90 Å². The molecule has 82 valence electrons. The zero-order valence-electron chi connectivity index (χ0n) is 8.37. The number of pyridine rings is 1. The average molecular weight is 282 g/mol. The summed E-state index contributed by atoms with van der Waals surface area (Å²) in [4.78, 5) is 25.1. The summed E-state index contributed by atoms with van der Waals surface area (Å²) in [5.41, 5.74) is 0.317. The number of H-pyrrole nitrogens is 1. The number of nitrogens with one attached hydrogen (secondary N) is 1. The number of fused-ring (bicyclic) bond motifs is 1. The Labute approximate surface area is 99.0 Å². The van der Waals surface area contributed by atoms with Gasteiger partial charge in [0.25, 0.3) is 5.56 Å². The third-order valence-electron chi connectivity index (χ3n) is 2.47. The summed E-state index contributed by atoms with van der Waals surface area (Å²) in [6.45, 7) is 1.63. The monoisotopic (exact) mass is 281 g/mol. The van der Waals surface area contributed by atoms with Crippen LogP contribution in [0.5, 0.6) is 0 Å². The third-order valence-corrected chi connectivity index (χ3v) is 3.13. The molecule has 0 amide bonds. The standard InChI is InChI=1S/C11H8BrNO3/c1-5-6-3-2-4-7(12)9(6)13-10(14)8(5)11(15)16/h2-4H,1H3,(H,13,14)(H,15,16). The minimum absolute atomic E-state index is 0.203. The van der Waals surface area contributed by atoms with Gasteiger partial charge in [-0.2, -0.15) is 0 Å². The van der Waals surface area contributed by atoms with Gasteiger partial charge in [0.1, 0.15) is 5.56 Å². The smallest absolute Gasteiger partial charge is 0.341 e. The highest BCUT2D eigenvalue weighted by atomic mass is 79.9. The largest absolute Gasteiger partial charge is 0.477 e. The number of aromatic amines is 1. The maximum Gasteiger partial charge on any atom is 0.341 e. The summed E-state index contributed by atoms with van der Waals surface area (Å²) in [5, 5.41) is 9.67. The Kier molecular flexibility index (Phi) is 2.55. The molecule has 2 N–H and O–H groups in total. The Morgan fingerprint density at radius 2 is 2.12 bits per heavy atom. The first kappa shape index (κ1) is 10.9. The molecular weight excluding hydrogens is 274 g/mol. The number of hydrogen-bond donors (Lipinski definition) is 2. The Morgan fingerprint density at radius 3 is 2.75 bits per heavy atom. The van der Waals surface area contributed by atoms with Crippen molar-refractivity contribution in [1.29, 1.82) is 0 Å². The highest BCUT2D eigenvalue weighted by Gasteiger charge is 2.15. The normalized spacial score (nSPS) is 10.6. The fourth-order valence-corrected chi connectivity index (χ4v) is 2.17. The van der Waals surface area contributed by atoms with Crippen molar-refractivity contribution in [2.24, 2.45) is 0 Å². The second-order valence-corrected chi connectivity index (χ2v) is 4.28. The molecule has 0 aliphatic carbocycles. The second kappa shape index (κ2) is 3.75. The fourth-order valence-electron chi connectivity index (χ4n) is 1.70. The molecule has 0 spiro atoms. The number of benzene rings is 1. The predicted octanol–water partition coefficient (Wildman–Crippen LogP) is 2.30. The van der Waals surface area contributed by atoms with Crippen molar-refractivity contribution in [3.8, 4) is 0 Å². The first-order valence-electron chi connectivity index (χ1n) is 4.56. The van der Waals surface area contributed by atoms with Gasteiger partial charge < -0.3 is 10.1 Å². The predicted molar refractivity (Wildman–Crippen MR) is 64.0 cm³/mol. The summed E-state index contributed by atoms with van der Waals surface area (Å²) in [6, 6.07) is 5.36. The molecule has 0 aliphatic heterocycles. The van der Waals surface area contributed by atoms with Crippen LogP contribution >= 0.6 is 15.9 Å². The minimum Gasteiger partial charge on any atom is -0.477 e. The van der Waals surface area contributed by atoms with Crippen LogP contribution in [0.15, 0.2) is 27.5 Å². The summed E-state index contributed by atoms with van der Waals surface area (Å²) >= 11 is 3.31. The van der Waals surface area contributed by atoms with E-state index in [2.05, 4.69) is 20.9 Å². The lowest BCUT2D eigenvalue weighted by atomic mass is 10.1. The molecule has 0 bridgehead atoms. The van der Waals surface area contributed by atoms with Gasteiger partial charge >= 0.3 is 5.97 Å². The number of hydrogen-bond acceptors (Lipinski definition) is 2. The number of carbonyl (C=O) groups is 1. The maximum atomic E-state index is 11.6. The van der Waals surface area contributed by atoms with E-state index in [0.717, 1.165) is 9.86 Å². The number of para-hydroxylation sites is 1. The highest BCUT2D eigenvalue weighted by molar-refractivity contribution is 9.10. The van der Waals surface area contributed by atoms with Gasteiger partial charge in [0, 0.05) is 9.86 Å². The van der Waals surface area contributed by atoms with Gasteiger partial charge in [-0.15, -0.1) is 0 Å². The number of carboxylic acids is 1. The van der Waals surface area contributed by atoms with E-state index in [-0.39, 0.29) is 5.56 Å². The molecular formula is C11H8BrNO3. The Hall–Kier alpha value is -1.62. The molecule has 0 aliphatic rings. The van der Waals surface area contributed by atoms with Crippen molar-refractivity contribution in [1.82, 2.24) is 4.98 Å². The number of halogens is 1. The van der Waals surface area contributed by atoms with Crippen molar-refractivity contribution in [2.75, 3.05) is 0 Å². The van der Waals surface area contributed by atoms with Crippen LogP contribution in [0.3, 0.4) is 0 Å². The molecule has 2 aromatic rings. The van der Waals surface area contributed by atoms with Gasteiger partial charge in [0.05, 0.1) is 5.52 Å². The van der Waals surface area contributed by atoms with Crippen LogP contribution in [0.2, 0.25) is 0 Å². The van der Waals surface area contributed by atoms with Gasteiger partial charge in [-0.3, -0.25) is 4.79 Å². The lowest BCUT2D eigenvalue weighted by Gasteiger charge is -2.06. The zero-order chi connectivity index (χ0) is 11.9. The van der Waals surface area contributed by atoms with Crippen LogP contribution in [0, 0.1) is 6.92 Å². The molecule has 0 unspecified atom stereocenters. The molecule has 0 radical (unpaired) electrons. The summed E-state index contributed by atoms with van der Waals surface area (Å²) in [5.74, 6) is -1.21. The third kappa shape index (κ3) is 1.53. The number of rotatable bonds is 1. The Balaban J connectivity index is 3.01. The average Bonchev–Trinajstić information content (AvgIpc) is 2.19. The van der Waals surface area contributed by atoms with Crippen LogP contribution < -0.4 is 5.56 Å². The number of carboxylic acid groups (broad SMARTS) is 1.